The Labute approximate surface area is 99.9 Å². The topological polar surface area (TPSA) is 69.9 Å². The number of allylic oxidation sites excluding steroid dienone is 2. The zero-order chi connectivity index (χ0) is 12.8. The van der Waals surface area contributed by atoms with Crippen LogP contribution in [0.3, 0.4) is 0 Å². The molecule has 0 aliphatic rings. The van der Waals surface area contributed by atoms with E-state index in [1.54, 1.807) is 12.2 Å². The van der Waals surface area contributed by atoms with E-state index in [-0.39, 0.29) is 18.0 Å². The van der Waals surface area contributed by atoms with Gasteiger partial charge in [0.1, 0.15) is 18.0 Å². The van der Waals surface area contributed by atoms with Crippen LogP contribution in [0.15, 0.2) is 36.6 Å². The number of phenols is 2. The van der Waals surface area contributed by atoms with Crippen LogP contribution < -0.4 is 0 Å². The summed E-state index contributed by atoms with van der Waals surface area (Å²) in [7, 11) is 0. The first-order chi connectivity index (χ1) is 8.15. The molecule has 1 rings (SSSR count). The monoisotopic (exact) mass is 233 g/mol. The lowest BCUT2D eigenvalue weighted by molar-refractivity contribution is 0.444. The molecular formula is C13H15NO3. The predicted octanol–water partition coefficient (Wildman–Crippen LogP) is 2.82. The highest BCUT2D eigenvalue weighted by Crippen LogP contribution is 2.34. The fourth-order valence-corrected chi connectivity index (χ4v) is 1.73. The van der Waals surface area contributed by atoms with E-state index in [9.17, 15) is 15.1 Å². The molecule has 0 amide bonds. The molecule has 0 aliphatic heterocycles. The van der Waals surface area contributed by atoms with Gasteiger partial charge in [-0.15, -0.1) is 13.2 Å². The average Bonchev–Trinajstić information content (AvgIpc) is 2.30. The minimum atomic E-state index is -0.173. The first-order valence-electron chi connectivity index (χ1n) is 5.22. The van der Waals surface area contributed by atoms with Crippen molar-refractivity contribution < 1.29 is 10.2 Å². The highest BCUT2D eigenvalue weighted by atomic mass is 16.3. The van der Waals surface area contributed by atoms with Gasteiger partial charge in [0.05, 0.1) is 0 Å². The molecule has 0 bridgehead atoms. The van der Waals surface area contributed by atoms with Gasteiger partial charge in [-0.2, -0.15) is 4.91 Å². The summed E-state index contributed by atoms with van der Waals surface area (Å²) in [5.41, 5.74) is 1.38. The summed E-state index contributed by atoms with van der Waals surface area (Å²) >= 11 is 0. The van der Waals surface area contributed by atoms with E-state index in [2.05, 4.69) is 18.3 Å². The molecule has 0 saturated carbocycles. The summed E-state index contributed by atoms with van der Waals surface area (Å²) in [6.45, 7) is 6.96. The third-order valence-electron chi connectivity index (χ3n) is 2.51. The summed E-state index contributed by atoms with van der Waals surface area (Å²) in [6, 6.07) is 1.48. The van der Waals surface area contributed by atoms with Crippen molar-refractivity contribution in [2.24, 2.45) is 5.18 Å². The number of aromatic hydroxyl groups is 2. The van der Waals surface area contributed by atoms with Crippen molar-refractivity contribution in [2.75, 3.05) is 0 Å². The van der Waals surface area contributed by atoms with Crippen LogP contribution in [0, 0.1) is 4.91 Å². The van der Waals surface area contributed by atoms with Gasteiger partial charge in [0.15, 0.2) is 0 Å². The van der Waals surface area contributed by atoms with Crippen molar-refractivity contribution in [1.29, 1.82) is 0 Å². The lowest BCUT2D eigenvalue weighted by Gasteiger charge is -2.13. The van der Waals surface area contributed by atoms with Crippen LogP contribution in [0.4, 0.5) is 0 Å². The molecule has 0 atom stereocenters. The number of benzene rings is 1. The molecule has 0 fully saturated rings. The van der Waals surface area contributed by atoms with Crippen LogP contribution in [0.25, 0.3) is 0 Å². The van der Waals surface area contributed by atoms with E-state index >= 15 is 0 Å². The molecular weight excluding hydrogens is 218 g/mol. The summed E-state index contributed by atoms with van der Waals surface area (Å²) in [5.74, 6) is 0.0392. The van der Waals surface area contributed by atoms with Gasteiger partial charge in [0, 0.05) is 16.7 Å². The highest BCUT2D eigenvalue weighted by molar-refractivity contribution is 5.53. The summed E-state index contributed by atoms with van der Waals surface area (Å²) in [4.78, 5) is 10.4. The van der Waals surface area contributed by atoms with Crippen LogP contribution in [0.1, 0.15) is 16.7 Å². The first-order valence-corrected chi connectivity index (χ1v) is 5.22. The van der Waals surface area contributed by atoms with Gasteiger partial charge in [-0.1, -0.05) is 17.3 Å². The fourth-order valence-electron chi connectivity index (χ4n) is 1.73. The van der Waals surface area contributed by atoms with Crippen molar-refractivity contribution in [1.82, 2.24) is 0 Å². The first kappa shape index (κ1) is 13.0. The van der Waals surface area contributed by atoms with Crippen molar-refractivity contribution in [3.8, 4) is 11.5 Å². The fraction of sp³-hybridized carbons (Fsp3) is 0.231. The van der Waals surface area contributed by atoms with E-state index in [1.165, 1.54) is 6.07 Å². The Balaban J connectivity index is 3.39. The lowest BCUT2D eigenvalue weighted by Crippen LogP contribution is -1.97. The number of hydrogen-bond donors (Lipinski definition) is 2. The van der Waals surface area contributed by atoms with Gasteiger partial charge in [-0.25, -0.2) is 0 Å². The molecule has 0 saturated heterocycles. The normalized spacial score (nSPS) is 9.88. The number of rotatable bonds is 6. The Bertz CT molecular complexity index is 452. The zero-order valence-corrected chi connectivity index (χ0v) is 9.52. The minimum absolute atomic E-state index is 0.000787. The molecule has 0 unspecified atom stereocenters. The maximum Gasteiger partial charge on any atom is 0.124 e. The van der Waals surface area contributed by atoms with Crippen molar-refractivity contribution in [2.45, 2.75) is 19.4 Å². The van der Waals surface area contributed by atoms with Crippen LogP contribution >= 0.6 is 0 Å². The third kappa shape index (κ3) is 2.72. The number of nitroso groups, excluding NO2 is 1. The molecule has 0 heterocycles. The highest BCUT2D eigenvalue weighted by Gasteiger charge is 2.16. The van der Waals surface area contributed by atoms with Gasteiger partial charge < -0.3 is 10.2 Å². The lowest BCUT2D eigenvalue weighted by atomic mass is 9.97. The smallest absolute Gasteiger partial charge is 0.124 e. The molecule has 17 heavy (non-hydrogen) atoms. The Morgan fingerprint density at radius 3 is 2.35 bits per heavy atom. The maximum absolute atomic E-state index is 10.4. The number of phenolic OH excluding ortho intramolecular Hbond substituents is 2. The average molecular weight is 233 g/mol. The Morgan fingerprint density at radius 2 is 1.82 bits per heavy atom. The molecule has 4 nitrogen and oxygen atoms in total. The number of nitrogens with zero attached hydrogens (tertiary/aromatic N) is 1. The Hall–Kier alpha value is -2.10. The SMILES string of the molecule is C=CCc1cc(O)c(CC=C)c(CN=O)c1O. The van der Waals surface area contributed by atoms with Gasteiger partial charge in [-0.05, 0) is 18.9 Å². The quantitative estimate of drug-likeness (QED) is 0.451. The van der Waals surface area contributed by atoms with Crippen molar-refractivity contribution in [3.05, 3.63) is 53.0 Å². The second-order valence-electron chi connectivity index (χ2n) is 3.63. The van der Waals surface area contributed by atoms with E-state index in [0.717, 1.165) is 0 Å². The molecule has 0 aliphatic carbocycles. The van der Waals surface area contributed by atoms with Crippen LogP contribution in [-0.4, -0.2) is 10.2 Å². The van der Waals surface area contributed by atoms with Gasteiger partial charge >= 0.3 is 0 Å². The van der Waals surface area contributed by atoms with Gasteiger partial charge in [-0.3, -0.25) is 0 Å². The molecule has 1 aromatic carbocycles. The van der Waals surface area contributed by atoms with Gasteiger partial charge in [0.2, 0.25) is 0 Å². The maximum atomic E-state index is 10.4. The second-order valence-corrected chi connectivity index (χ2v) is 3.63. The molecule has 0 aromatic heterocycles. The molecule has 0 spiro atoms. The Morgan fingerprint density at radius 1 is 1.18 bits per heavy atom. The number of hydrogen-bond acceptors (Lipinski definition) is 4. The van der Waals surface area contributed by atoms with Crippen LogP contribution in [-0.2, 0) is 19.4 Å². The predicted molar refractivity (Wildman–Crippen MR) is 67.1 cm³/mol. The van der Waals surface area contributed by atoms with E-state index in [1.807, 2.05) is 0 Å². The molecule has 90 valence electrons. The van der Waals surface area contributed by atoms with E-state index < -0.39 is 0 Å². The summed E-state index contributed by atoms with van der Waals surface area (Å²) in [5, 5.41) is 22.6. The van der Waals surface area contributed by atoms with Crippen LogP contribution in [0.5, 0.6) is 11.5 Å². The zero-order valence-electron chi connectivity index (χ0n) is 9.52. The molecule has 1 aromatic rings. The van der Waals surface area contributed by atoms with Crippen molar-refractivity contribution in [3.63, 3.8) is 0 Å². The van der Waals surface area contributed by atoms with E-state index in [0.29, 0.717) is 29.5 Å². The second kappa shape index (κ2) is 5.84. The molecule has 0 radical (unpaired) electrons. The standard InChI is InChI=1S/C13H15NO3/c1-3-5-9-7-12(15)10(6-4-2)11(8-14-17)13(9)16/h3-4,7,15-16H,1-2,5-6,8H2. The third-order valence-corrected chi connectivity index (χ3v) is 2.51. The molecule has 4 heteroatoms. The largest absolute Gasteiger partial charge is 0.508 e. The van der Waals surface area contributed by atoms with Gasteiger partial charge in [0.25, 0.3) is 0 Å². The van der Waals surface area contributed by atoms with Crippen LogP contribution in [0.2, 0.25) is 0 Å². The van der Waals surface area contributed by atoms with E-state index in [4.69, 9.17) is 0 Å². The summed E-state index contributed by atoms with van der Waals surface area (Å²) < 4.78 is 0. The van der Waals surface area contributed by atoms with Crippen molar-refractivity contribution >= 4 is 0 Å². The minimum Gasteiger partial charge on any atom is -0.508 e. The summed E-state index contributed by atoms with van der Waals surface area (Å²) in [6.07, 6.45) is 3.99. The Kier molecular flexibility index (Phi) is 4.46. The molecule has 2 N–H and O–H groups in total.